The number of carbonyl (C=O) groups excluding carboxylic acids is 1. The highest BCUT2D eigenvalue weighted by Gasteiger charge is 2.26. The van der Waals surface area contributed by atoms with Crippen molar-refractivity contribution in [3.63, 3.8) is 0 Å². The Kier molecular flexibility index (Phi) is 3.68. The quantitative estimate of drug-likeness (QED) is 0.847. The van der Waals surface area contributed by atoms with E-state index in [1.807, 2.05) is 4.90 Å². The molecule has 1 aliphatic rings. The predicted octanol–water partition coefficient (Wildman–Crippen LogP) is 1.79. The number of ether oxygens (including phenoxy) is 1. The van der Waals surface area contributed by atoms with Crippen molar-refractivity contribution >= 4 is 28.1 Å². The highest BCUT2D eigenvalue weighted by atomic mass is 32.1. The van der Waals surface area contributed by atoms with Crippen molar-refractivity contribution in [3.05, 3.63) is 16.0 Å². The topological polar surface area (TPSA) is 66.8 Å². The second-order valence-corrected chi connectivity index (χ2v) is 5.20. The van der Waals surface area contributed by atoms with Gasteiger partial charge in [0.15, 0.2) is 5.78 Å². The third-order valence-electron chi connectivity index (χ3n) is 2.96. The molecule has 0 aliphatic carbocycles. The Morgan fingerprint density at radius 3 is 2.44 bits per heavy atom. The van der Waals surface area contributed by atoms with E-state index in [0.29, 0.717) is 41.7 Å². The fourth-order valence-electron chi connectivity index (χ4n) is 2.08. The highest BCUT2D eigenvalue weighted by molar-refractivity contribution is 7.18. The van der Waals surface area contributed by atoms with E-state index < -0.39 is 5.97 Å². The van der Waals surface area contributed by atoms with Gasteiger partial charge in [-0.1, -0.05) is 0 Å². The van der Waals surface area contributed by atoms with Crippen molar-refractivity contribution in [3.8, 4) is 0 Å². The van der Waals surface area contributed by atoms with E-state index in [9.17, 15) is 14.7 Å². The minimum absolute atomic E-state index is 0.0838. The number of aromatic carboxylic acids is 1. The maximum atomic E-state index is 11.5. The van der Waals surface area contributed by atoms with Crippen LogP contribution in [-0.4, -0.2) is 43.2 Å². The number of carboxylic acid groups (broad SMARTS) is 1. The lowest BCUT2D eigenvalue weighted by atomic mass is 10.1. The molecule has 1 N–H and O–H groups in total. The van der Waals surface area contributed by atoms with Crippen molar-refractivity contribution in [2.75, 3.05) is 31.2 Å². The molecular weight excluding hydrogens is 254 g/mol. The molecule has 2 rings (SSSR count). The Labute approximate surface area is 109 Å². The average molecular weight is 269 g/mol. The Bertz CT molecular complexity index is 489. The second-order valence-electron chi connectivity index (χ2n) is 4.20. The molecule has 5 nitrogen and oxygen atoms in total. The fraction of sp³-hybridized carbons (Fsp3) is 0.500. The molecule has 98 valence electrons. The summed E-state index contributed by atoms with van der Waals surface area (Å²) < 4.78 is 5.25. The Hall–Kier alpha value is -1.40. The molecule has 0 radical (unpaired) electrons. The molecule has 2 heterocycles. The zero-order valence-corrected chi connectivity index (χ0v) is 11.2. The number of ketones is 1. The van der Waals surface area contributed by atoms with Crippen LogP contribution in [-0.2, 0) is 4.74 Å². The van der Waals surface area contributed by atoms with Crippen LogP contribution in [0.4, 0.5) is 5.00 Å². The van der Waals surface area contributed by atoms with Gasteiger partial charge in [-0.15, -0.1) is 11.3 Å². The summed E-state index contributed by atoms with van der Waals surface area (Å²) in [4.78, 5) is 25.4. The van der Waals surface area contributed by atoms with Gasteiger partial charge in [0, 0.05) is 13.1 Å². The maximum absolute atomic E-state index is 11.5. The number of carboxylic acids is 1. The van der Waals surface area contributed by atoms with Crippen LogP contribution in [0.2, 0.25) is 0 Å². The zero-order chi connectivity index (χ0) is 13.3. The van der Waals surface area contributed by atoms with Crippen molar-refractivity contribution in [1.82, 2.24) is 0 Å². The first-order valence-electron chi connectivity index (χ1n) is 5.72. The Morgan fingerprint density at radius 2 is 1.94 bits per heavy atom. The van der Waals surface area contributed by atoms with E-state index in [2.05, 4.69) is 0 Å². The number of carbonyl (C=O) groups is 2. The lowest BCUT2D eigenvalue weighted by Crippen LogP contribution is -2.36. The molecule has 1 fully saturated rings. The highest BCUT2D eigenvalue weighted by Crippen LogP contribution is 2.36. The number of hydrogen-bond donors (Lipinski definition) is 1. The molecule has 0 aromatic carbocycles. The normalized spacial score (nSPS) is 15.8. The summed E-state index contributed by atoms with van der Waals surface area (Å²) in [6, 6.07) is 0. The Morgan fingerprint density at radius 1 is 1.33 bits per heavy atom. The Balaban J connectivity index is 2.47. The standard InChI is InChI=1S/C12H15NO4S/c1-7-9(12(15)16)11(18-10(7)8(2)14)13-3-5-17-6-4-13/h3-6H2,1-2H3,(H,15,16). The minimum atomic E-state index is -0.974. The molecule has 0 atom stereocenters. The van der Waals surface area contributed by atoms with Crippen LogP contribution in [0.5, 0.6) is 0 Å². The van der Waals surface area contributed by atoms with Gasteiger partial charge in [-0.05, 0) is 19.4 Å². The van der Waals surface area contributed by atoms with Crippen LogP contribution in [0.15, 0.2) is 0 Å². The molecule has 1 aromatic rings. The van der Waals surface area contributed by atoms with Crippen molar-refractivity contribution in [1.29, 1.82) is 0 Å². The summed E-state index contributed by atoms with van der Waals surface area (Å²) >= 11 is 1.27. The van der Waals surface area contributed by atoms with Crippen LogP contribution in [0.25, 0.3) is 0 Å². The molecule has 0 bridgehead atoms. The molecule has 6 heteroatoms. The number of hydrogen-bond acceptors (Lipinski definition) is 5. The molecule has 1 saturated heterocycles. The number of thiophene rings is 1. The number of rotatable bonds is 3. The molecule has 1 aromatic heterocycles. The van der Waals surface area contributed by atoms with Gasteiger partial charge in [-0.2, -0.15) is 0 Å². The van der Waals surface area contributed by atoms with Crippen LogP contribution < -0.4 is 4.90 Å². The van der Waals surface area contributed by atoms with Gasteiger partial charge in [0.05, 0.1) is 23.7 Å². The van der Waals surface area contributed by atoms with E-state index >= 15 is 0 Å². The predicted molar refractivity (Wildman–Crippen MR) is 69.1 cm³/mol. The number of morpholine rings is 1. The van der Waals surface area contributed by atoms with Gasteiger partial charge in [0.2, 0.25) is 0 Å². The van der Waals surface area contributed by atoms with Gasteiger partial charge < -0.3 is 14.7 Å². The molecule has 0 spiro atoms. The van der Waals surface area contributed by atoms with Gasteiger partial charge in [0.25, 0.3) is 0 Å². The van der Waals surface area contributed by atoms with E-state index in [-0.39, 0.29) is 11.3 Å². The fourth-order valence-corrected chi connectivity index (χ4v) is 3.32. The molecular formula is C12H15NO4S. The van der Waals surface area contributed by atoms with E-state index in [1.165, 1.54) is 18.3 Å². The number of Topliss-reactive ketones (excluding diaryl/α,β-unsaturated/α-hetero) is 1. The summed E-state index contributed by atoms with van der Waals surface area (Å²) in [5.41, 5.74) is 0.827. The van der Waals surface area contributed by atoms with Crippen LogP contribution in [0.3, 0.4) is 0 Å². The van der Waals surface area contributed by atoms with Crippen LogP contribution in [0.1, 0.15) is 32.5 Å². The summed E-state index contributed by atoms with van der Waals surface area (Å²) in [5, 5.41) is 9.98. The lowest BCUT2D eigenvalue weighted by Gasteiger charge is -2.28. The SMILES string of the molecule is CC(=O)c1sc(N2CCOCC2)c(C(=O)O)c1C. The van der Waals surface area contributed by atoms with Gasteiger partial charge in [-0.3, -0.25) is 4.79 Å². The van der Waals surface area contributed by atoms with Gasteiger partial charge >= 0.3 is 5.97 Å². The smallest absolute Gasteiger partial charge is 0.339 e. The van der Waals surface area contributed by atoms with Crippen molar-refractivity contribution in [2.24, 2.45) is 0 Å². The van der Waals surface area contributed by atoms with E-state index in [1.54, 1.807) is 6.92 Å². The molecule has 1 aliphatic heterocycles. The maximum Gasteiger partial charge on any atom is 0.339 e. The summed E-state index contributed by atoms with van der Waals surface area (Å²) in [6.45, 7) is 5.67. The molecule has 0 unspecified atom stereocenters. The molecule has 0 amide bonds. The lowest BCUT2D eigenvalue weighted by molar-refractivity contribution is 0.0696. The van der Waals surface area contributed by atoms with Gasteiger partial charge in [0.1, 0.15) is 5.00 Å². The van der Waals surface area contributed by atoms with E-state index in [0.717, 1.165) is 0 Å². The molecule has 18 heavy (non-hydrogen) atoms. The molecule has 0 saturated carbocycles. The summed E-state index contributed by atoms with van der Waals surface area (Å²) in [5.74, 6) is -1.06. The van der Waals surface area contributed by atoms with Crippen molar-refractivity contribution in [2.45, 2.75) is 13.8 Å². The second kappa shape index (κ2) is 5.07. The van der Waals surface area contributed by atoms with Crippen LogP contribution in [0, 0.1) is 6.92 Å². The number of nitrogens with zero attached hydrogens (tertiary/aromatic N) is 1. The first-order chi connectivity index (χ1) is 8.52. The summed E-state index contributed by atoms with van der Waals surface area (Å²) in [7, 11) is 0. The average Bonchev–Trinajstić information content (AvgIpc) is 2.68. The first kappa shape index (κ1) is 13.0. The zero-order valence-electron chi connectivity index (χ0n) is 10.4. The van der Waals surface area contributed by atoms with Gasteiger partial charge in [-0.25, -0.2) is 4.79 Å². The largest absolute Gasteiger partial charge is 0.478 e. The first-order valence-corrected chi connectivity index (χ1v) is 6.54. The number of anilines is 1. The monoisotopic (exact) mass is 269 g/mol. The summed E-state index contributed by atoms with van der Waals surface area (Å²) in [6.07, 6.45) is 0. The minimum Gasteiger partial charge on any atom is -0.478 e. The van der Waals surface area contributed by atoms with Crippen LogP contribution >= 0.6 is 11.3 Å². The third-order valence-corrected chi connectivity index (χ3v) is 4.41. The third kappa shape index (κ3) is 2.26. The van der Waals surface area contributed by atoms with Crippen molar-refractivity contribution < 1.29 is 19.4 Å². The van der Waals surface area contributed by atoms with E-state index in [4.69, 9.17) is 4.74 Å².